The number of nitrogens with zero attached hydrogens (tertiary/aromatic N) is 2. The van der Waals surface area contributed by atoms with Crippen molar-refractivity contribution in [1.82, 2.24) is 9.61 Å². The number of fused-ring (bicyclic) bond motifs is 1. The lowest BCUT2D eigenvalue weighted by Gasteiger charge is -2.20. The number of carbonyl (C=O) groups excluding carboxylic acids is 3. The number of hydrogen-bond acceptors (Lipinski definition) is 7. The Hall–Kier alpha value is -3.10. The fourth-order valence-electron chi connectivity index (χ4n) is 2.17. The van der Waals surface area contributed by atoms with Crippen LogP contribution in [0.25, 0.3) is 5.52 Å². The van der Waals surface area contributed by atoms with Gasteiger partial charge in [-0.2, -0.15) is 5.10 Å². The van der Waals surface area contributed by atoms with Crippen LogP contribution >= 0.6 is 0 Å². The molecule has 0 aliphatic rings. The molecule has 0 radical (unpaired) electrons. The molecular weight excluding hydrogens is 330 g/mol. The van der Waals surface area contributed by atoms with Crippen molar-refractivity contribution in [3.63, 3.8) is 0 Å². The fourth-order valence-corrected chi connectivity index (χ4v) is 2.17. The van der Waals surface area contributed by atoms with Crippen molar-refractivity contribution in [2.24, 2.45) is 0 Å². The third-order valence-electron chi connectivity index (χ3n) is 3.11. The molecule has 2 aromatic rings. The molecule has 1 N–H and O–H groups in total. The average Bonchev–Trinajstić information content (AvgIpc) is 2.95. The number of carbonyl (C=O) groups is 3. The van der Waals surface area contributed by atoms with Crippen molar-refractivity contribution in [3.05, 3.63) is 29.6 Å². The van der Waals surface area contributed by atoms with Crippen LogP contribution in [0, 0.1) is 0 Å². The molecule has 0 saturated heterocycles. The predicted octanol–water partition coefficient (Wildman–Crippen LogP) is 2.25. The van der Waals surface area contributed by atoms with Gasteiger partial charge >= 0.3 is 18.0 Å². The van der Waals surface area contributed by atoms with E-state index in [4.69, 9.17) is 14.2 Å². The predicted molar refractivity (Wildman–Crippen MR) is 87.7 cm³/mol. The Labute approximate surface area is 143 Å². The zero-order valence-corrected chi connectivity index (χ0v) is 14.6. The second-order valence-corrected chi connectivity index (χ2v) is 6.07. The molecule has 0 saturated carbocycles. The van der Waals surface area contributed by atoms with Gasteiger partial charge in [-0.1, -0.05) is 0 Å². The number of nitrogens with one attached hydrogen (secondary N) is 1. The molecule has 0 aromatic carbocycles. The van der Waals surface area contributed by atoms with Crippen molar-refractivity contribution in [1.29, 1.82) is 0 Å². The minimum absolute atomic E-state index is 0.0336. The molecule has 25 heavy (non-hydrogen) atoms. The molecule has 2 rings (SSSR count). The van der Waals surface area contributed by atoms with Crippen molar-refractivity contribution in [2.75, 3.05) is 19.5 Å². The molecule has 0 unspecified atom stereocenters. The minimum Gasteiger partial charge on any atom is -0.465 e. The molecule has 2 aromatic heterocycles. The van der Waals surface area contributed by atoms with Gasteiger partial charge in [-0.15, -0.1) is 0 Å². The van der Waals surface area contributed by atoms with Crippen LogP contribution in [-0.4, -0.2) is 47.5 Å². The van der Waals surface area contributed by atoms with Crippen LogP contribution in [0.5, 0.6) is 0 Å². The quantitative estimate of drug-likeness (QED) is 0.669. The normalized spacial score (nSPS) is 11.1. The Balaban J connectivity index is 2.58. The molecule has 9 heteroatoms. The Morgan fingerprint density at radius 3 is 2.32 bits per heavy atom. The van der Waals surface area contributed by atoms with Gasteiger partial charge in [0.05, 0.1) is 31.6 Å². The van der Waals surface area contributed by atoms with Crippen LogP contribution in [0.2, 0.25) is 0 Å². The highest BCUT2D eigenvalue weighted by Crippen LogP contribution is 2.26. The Kier molecular flexibility index (Phi) is 4.96. The summed E-state index contributed by atoms with van der Waals surface area (Å²) in [5.74, 6) is -1.42. The number of pyridine rings is 1. The zero-order chi connectivity index (χ0) is 18.8. The highest BCUT2D eigenvalue weighted by Gasteiger charge is 2.26. The molecule has 0 bridgehead atoms. The van der Waals surface area contributed by atoms with Gasteiger partial charge in [0.25, 0.3) is 0 Å². The number of ether oxygens (including phenoxy) is 3. The van der Waals surface area contributed by atoms with Crippen molar-refractivity contribution < 1.29 is 28.6 Å². The number of anilines is 1. The summed E-state index contributed by atoms with van der Waals surface area (Å²) in [4.78, 5) is 36.2. The summed E-state index contributed by atoms with van der Waals surface area (Å²) in [5.41, 5.74) is -0.399. The van der Waals surface area contributed by atoms with Gasteiger partial charge in [-0.3, -0.25) is 5.32 Å². The van der Waals surface area contributed by atoms with E-state index in [1.807, 2.05) is 0 Å². The third-order valence-corrected chi connectivity index (χ3v) is 3.11. The van der Waals surface area contributed by atoms with Crippen LogP contribution < -0.4 is 5.32 Å². The van der Waals surface area contributed by atoms with E-state index < -0.39 is 23.6 Å². The van der Waals surface area contributed by atoms with Gasteiger partial charge in [-0.25, -0.2) is 18.9 Å². The maximum Gasteiger partial charge on any atom is 0.412 e. The molecule has 9 nitrogen and oxygen atoms in total. The first-order valence-electron chi connectivity index (χ1n) is 7.35. The van der Waals surface area contributed by atoms with E-state index in [-0.39, 0.29) is 22.3 Å². The summed E-state index contributed by atoms with van der Waals surface area (Å²) >= 11 is 0. The van der Waals surface area contributed by atoms with Crippen LogP contribution in [0.4, 0.5) is 10.5 Å². The first kappa shape index (κ1) is 18.2. The van der Waals surface area contributed by atoms with E-state index in [0.29, 0.717) is 0 Å². The van der Waals surface area contributed by atoms with Gasteiger partial charge in [-0.05, 0) is 26.8 Å². The van der Waals surface area contributed by atoms with Crippen molar-refractivity contribution >= 4 is 29.2 Å². The zero-order valence-electron chi connectivity index (χ0n) is 14.6. The van der Waals surface area contributed by atoms with Gasteiger partial charge < -0.3 is 14.2 Å². The van der Waals surface area contributed by atoms with Crippen LogP contribution in [0.1, 0.15) is 41.5 Å². The molecule has 0 spiro atoms. The summed E-state index contributed by atoms with van der Waals surface area (Å²) in [7, 11) is 2.41. The lowest BCUT2D eigenvalue weighted by molar-refractivity contribution is 0.0599. The van der Waals surface area contributed by atoms with E-state index in [2.05, 4.69) is 10.4 Å². The van der Waals surface area contributed by atoms with E-state index in [1.165, 1.54) is 37.2 Å². The Morgan fingerprint density at radius 2 is 1.76 bits per heavy atom. The standard InChI is InChI=1S/C16H19N3O6/c1-16(2,3)25-15(22)18-10-6-7-19-12(11(10)14(21)24-5)9(8-17-19)13(20)23-4/h6-8H,1-5H3,(H,18,22). The van der Waals surface area contributed by atoms with Crippen LogP contribution in [0.3, 0.4) is 0 Å². The first-order valence-corrected chi connectivity index (χ1v) is 7.35. The maximum atomic E-state index is 12.3. The first-order chi connectivity index (χ1) is 11.7. The number of hydrogen-bond donors (Lipinski definition) is 1. The second-order valence-electron chi connectivity index (χ2n) is 6.07. The van der Waals surface area contributed by atoms with Gasteiger partial charge in [0.15, 0.2) is 0 Å². The van der Waals surface area contributed by atoms with E-state index in [1.54, 1.807) is 20.8 Å². The number of aromatic nitrogens is 2. The summed E-state index contributed by atoms with van der Waals surface area (Å²) in [5, 5.41) is 6.50. The minimum atomic E-state index is -0.749. The summed E-state index contributed by atoms with van der Waals surface area (Å²) in [6, 6.07) is 1.46. The molecule has 0 aliphatic heterocycles. The largest absolute Gasteiger partial charge is 0.465 e. The molecule has 2 heterocycles. The number of methoxy groups -OCH3 is 2. The van der Waals surface area contributed by atoms with Crippen molar-refractivity contribution in [3.8, 4) is 0 Å². The van der Waals surface area contributed by atoms with Crippen LogP contribution in [0.15, 0.2) is 18.5 Å². The Bertz CT molecular complexity index is 834. The van der Waals surface area contributed by atoms with Gasteiger partial charge in [0.1, 0.15) is 16.7 Å². The number of esters is 2. The maximum absolute atomic E-state index is 12.3. The van der Waals surface area contributed by atoms with E-state index >= 15 is 0 Å². The SMILES string of the molecule is COC(=O)c1cnn2ccc(NC(=O)OC(C)(C)C)c(C(=O)OC)c12. The highest BCUT2D eigenvalue weighted by molar-refractivity contribution is 6.10. The second kappa shape index (κ2) is 6.80. The number of amides is 1. The summed E-state index contributed by atoms with van der Waals surface area (Å²) in [6.45, 7) is 5.13. The van der Waals surface area contributed by atoms with Crippen molar-refractivity contribution in [2.45, 2.75) is 26.4 Å². The Morgan fingerprint density at radius 1 is 1.12 bits per heavy atom. The average molecular weight is 349 g/mol. The molecular formula is C16H19N3O6. The van der Waals surface area contributed by atoms with Crippen LogP contribution in [-0.2, 0) is 14.2 Å². The summed E-state index contributed by atoms with van der Waals surface area (Å²) < 4.78 is 16.0. The molecule has 1 amide bonds. The number of rotatable bonds is 3. The van der Waals surface area contributed by atoms with E-state index in [9.17, 15) is 14.4 Å². The van der Waals surface area contributed by atoms with E-state index in [0.717, 1.165) is 0 Å². The molecule has 0 aliphatic carbocycles. The lowest BCUT2D eigenvalue weighted by atomic mass is 10.1. The lowest BCUT2D eigenvalue weighted by Crippen LogP contribution is -2.28. The van der Waals surface area contributed by atoms with Gasteiger partial charge in [0, 0.05) is 6.20 Å². The summed E-state index contributed by atoms with van der Waals surface area (Å²) in [6.07, 6.45) is 2.01. The third kappa shape index (κ3) is 3.87. The topological polar surface area (TPSA) is 108 Å². The smallest absolute Gasteiger partial charge is 0.412 e. The molecule has 134 valence electrons. The fraction of sp³-hybridized carbons (Fsp3) is 0.375. The van der Waals surface area contributed by atoms with Gasteiger partial charge in [0.2, 0.25) is 0 Å². The highest BCUT2D eigenvalue weighted by atomic mass is 16.6. The molecule has 0 atom stereocenters. The monoisotopic (exact) mass is 349 g/mol. The molecule has 0 fully saturated rings.